The molecule has 0 spiro atoms. The molecule has 0 saturated heterocycles. The van der Waals surface area contributed by atoms with Gasteiger partial charge in [0.05, 0.1) is 11.1 Å². The fourth-order valence-electron chi connectivity index (χ4n) is 3.40. The van der Waals surface area contributed by atoms with Gasteiger partial charge in [-0.25, -0.2) is 0 Å². The molecule has 4 N–H and O–H groups in total. The number of carbonyl (C=O) groups excluding carboxylic acids is 2. The highest BCUT2D eigenvalue weighted by molar-refractivity contribution is 5.96. The van der Waals surface area contributed by atoms with E-state index < -0.39 is 23.4 Å². The predicted octanol–water partition coefficient (Wildman–Crippen LogP) is 5.25. The van der Waals surface area contributed by atoms with Gasteiger partial charge in [-0.2, -0.15) is 0 Å². The maximum Gasteiger partial charge on any atom is 0.311 e. The van der Waals surface area contributed by atoms with E-state index in [0.717, 1.165) is 0 Å². The number of ether oxygens (including phenoxy) is 2. The van der Waals surface area contributed by atoms with E-state index in [2.05, 4.69) is 0 Å². The number of rotatable bonds is 8. The minimum Gasteiger partial charge on any atom is -0.508 e. The van der Waals surface area contributed by atoms with Crippen molar-refractivity contribution >= 4 is 11.9 Å². The Labute approximate surface area is 196 Å². The van der Waals surface area contributed by atoms with Gasteiger partial charge in [0.25, 0.3) is 0 Å². The van der Waals surface area contributed by atoms with Crippen LogP contribution in [0.5, 0.6) is 34.5 Å². The molecule has 3 aromatic carbocycles. The monoisotopic (exact) mass is 466 g/mol. The highest BCUT2D eigenvalue weighted by Crippen LogP contribution is 2.56. The quantitative estimate of drug-likeness (QED) is 0.201. The minimum absolute atomic E-state index is 0.0349. The summed E-state index contributed by atoms with van der Waals surface area (Å²) in [6.07, 6.45) is 1.11. The molecule has 178 valence electrons. The number of phenols is 4. The second-order valence-corrected chi connectivity index (χ2v) is 7.65. The van der Waals surface area contributed by atoms with Crippen molar-refractivity contribution in [3.05, 3.63) is 48.5 Å². The Kier molecular flexibility index (Phi) is 7.63. The summed E-state index contributed by atoms with van der Waals surface area (Å²) in [6, 6.07) is 11.3. The fourth-order valence-corrected chi connectivity index (χ4v) is 3.40. The standard InChI is InChI=1S/C26H26O8/c1-3-5-19(29)33-25-21(15-7-11-17(27)12-8-15)23(31)24(32)22(16-9-13-18(28)14-10-16)26(25)34-20(30)6-4-2/h7-14,27-28,31-32H,3-6H2,1-2H3. The van der Waals surface area contributed by atoms with Gasteiger partial charge >= 0.3 is 11.9 Å². The lowest BCUT2D eigenvalue weighted by molar-refractivity contribution is -0.137. The maximum absolute atomic E-state index is 12.5. The predicted molar refractivity (Wildman–Crippen MR) is 125 cm³/mol. The molecule has 0 bridgehead atoms. The van der Waals surface area contributed by atoms with Gasteiger partial charge in [-0.3, -0.25) is 9.59 Å². The van der Waals surface area contributed by atoms with Crippen molar-refractivity contribution in [2.75, 3.05) is 0 Å². The number of hydrogen-bond acceptors (Lipinski definition) is 8. The third-order valence-electron chi connectivity index (χ3n) is 5.01. The van der Waals surface area contributed by atoms with Crippen LogP contribution in [-0.2, 0) is 9.59 Å². The average Bonchev–Trinajstić information content (AvgIpc) is 2.80. The molecule has 0 saturated carbocycles. The second kappa shape index (κ2) is 10.6. The maximum atomic E-state index is 12.5. The highest BCUT2D eigenvalue weighted by Gasteiger charge is 2.31. The SMILES string of the molecule is CCCC(=O)Oc1c(OC(=O)CCC)c(-c2ccc(O)cc2)c(O)c(O)c1-c1ccc(O)cc1. The van der Waals surface area contributed by atoms with E-state index in [4.69, 9.17) is 9.47 Å². The van der Waals surface area contributed by atoms with Crippen molar-refractivity contribution < 1.29 is 39.5 Å². The van der Waals surface area contributed by atoms with Crippen LogP contribution in [0.25, 0.3) is 22.3 Å². The molecular weight excluding hydrogens is 440 g/mol. The van der Waals surface area contributed by atoms with Crippen LogP contribution in [0.3, 0.4) is 0 Å². The number of aromatic hydroxyl groups is 4. The Morgan fingerprint density at radius 2 is 0.941 bits per heavy atom. The van der Waals surface area contributed by atoms with Crippen LogP contribution < -0.4 is 9.47 Å². The zero-order chi connectivity index (χ0) is 24.8. The van der Waals surface area contributed by atoms with E-state index in [1.807, 2.05) is 0 Å². The van der Waals surface area contributed by atoms with Gasteiger partial charge in [0.2, 0.25) is 0 Å². The summed E-state index contributed by atoms with van der Waals surface area (Å²) in [5.41, 5.74) is 0.442. The van der Waals surface area contributed by atoms with Crippen LogP contribution in [0.1, 0.15) is 39.5 Å². The number of carbonyl (C=O) groups is 2. The Bertz CT molecular complexity index is 1090. The molecule has 8 nitrogen and oxygen atoms in total. The van der Waals surface area contributed by atoms with Crippen LogP contribution in [0, 0.1) is 0 Å². The summed E-state index contributed by atoms with van der Waals surface area (Å²) in [4.78, 5) is 25.0. The first-order valence-electron chi connectivity index (χ1n) is 10.9. The van der Waals surface area contributed by atoms with E-state index in [0.29, 0.717) is 24.0 Å². The van der Waals surface area contributed by atoms with E-state index in [1.54, 1.807) is 13.8 Å². The molecule has 3 rings (SSSR count). The third-order valence-corrected chi connectivity index (χ3v) is 5.01. The zero-order valence-corrected chi connectivity index (χ0v) is 18.9. The first-order chi connectivity index (χ1) is 16.3. The lowest BCUT2D eigenvalue weighted by Crippen LogP contribution is -2.13. The summed E-state index contributed by atoms with van der Waals surface area (Å²) in [7, 11) is 0. The van der Waals surface area contributed by atoms with Gasteiger partial charge in [-0.1, -0.05) is 38.1 Å². The van der Waals surface area contributed by atoms with Gasteiger partial charge in [0.15, 0.2) is 23.0 Å². The molecule has 3 aromatic rings. The second-order valence-electron chi connectivity index (χ2n) is 7.65. The van der Waals surface area contributed by atoms with Crippen LogP contribution in [-0.4, -0.2) is 32.4 Å². The van der Waals surface area contributed by atoms with Gasteiger partial charge in [-0.15, -0.1) is 0 Å². The molecule has 0 aliphatic carbocycles. The van der Waals surface area contributed by atoms with Gasteiger partial charge in [0.1, 0.15) is 11.5 Å². The Balaban J connectivity index is 2.38. The van der Waals surface area contributed by atoms with E-state index >= 15 is 0 Å². The molecule has 0 amide bonds. The number of hydrogen-bond donors (Lipinski definition) is 4. The number of esters is 2. The van der Waals surface area contributed by atoms with Crippen molar-refractivity contribution in [1.82, 2.24) is 0 Å². The first-order valence-corrected chi connectivity index (χ1v) is 10.9. The van der Waals surface area contributed by atoms with Crippen molar-refractivity contribution in [2.45, 2.75) is 39.5 Å². The molecular formula is C26H26O8. The summed E-state index contributed by atoms with van der Waals surface area (Å²) < 4.78 is 11.2. The van der Waals surface area contributed by atoms with Crippen molar-refractivity contribution in [3.63, 3.8) is 0 Å². The summed E-state index contributed by atoms with van der Waals surface area (Å²) in [5, 5.41) is 41.4. The zero-order valence-electron chi connectivity index (χ0n) is 18.9. The molecule has 0 unspecified atom stereocenters. The van der Waals surface area contributed by atoms with Crippen LogP contribution >= 0.6 is 0 Å². The summed E-state index contributed by atoms with van der Waals surface area (Å²) >= 11 is 0. The number of phenolic OH excluding ortho intramolecular Hbond substituents is 4. The molecule has 0 fully saturated rings. The van der Waals surface area contributed by atoms with Crippen molar-refractivity contribution in [3.8, 4) is 56.8 Å². The van der Waals surface area contributed by atoms with Gasteiger partial charge < -0.3 is 29.9 Å². The average molecular weight is 466 g/mol. The Morgan fingerprint density at radius 3 is 1.24 bits per heavy atom. The topological polar surface area (TPSA) is 134 Å². The lowest BCUT2D eigenvalue weighted by atomic mass is 9.95. The van der Waals surface area contributed by atoms with Gasteiger partial charge in [0, 0.05) is 12.8 Å². The molecule has 0 heterocycles. The molecule has 34 heavy (non-hydrogen) atoms. The van der Waals surface area contributed by atoms with Gasteiger partial charge in [-0.05, 0) is 48.2 Å². The minimum atomic E-state index is -0.628. The third kappa shape index (κ3) is 5.23. The molecule has 0 aromatic heterocycles. The van der Waals surface area contributed by atoms with Crippen molar-refractivity contribution in [2.24, 2.45) is 0 Å². The normalized spacial score (nSPS) is 10.6. The van der Waals surface area contributed by atoms with Crippen LogP contribution in [0.15, 0.2) is 48.5 Å². The van der Waals surface area contributed by atoms with Crippen LogP contribution in [0.2, 0.25) is 0 Å². The highest BCUT2D eigenvalue weighted by atomic mass is 16.6. The van der Waals surface area contributed by atoms with Crippen LogP contribution in [0.4, 0.5) is 0 Å². The lowest BCUT2D eigenvalue weighted by Gasteiger charge is -2.21. The van der Waals surface area contributed by atoms with Crippen molar-refractivity contribution in [1.29, 1.82) is 0 Å². The molecule has 0 atom stereocenters. The van der Waals surface area contributed by atoms with E-state index in [9.17, 15) is 30.0 Å². The largest absolute Gasteiger partial charge is 0.508 e. The van der Waals surface area contributed by atoms with E-state index in [1.165, 1.54) is 48.5 Å². The Morgan fingerprint density at radius 1 is 0.618 bits per heavy atom. The number of benzene rings is 3. The molecule has 0 aliphatic heterocycles. The summed E-state index contributed by atoms with van der Waals surface area (Å²) in [6.45, 7) is 3.58. The summed E-state index contributed by atoms with van der Waals surface area (Å²) in [5.74, 6) is -3.03. The first kappa shape index (κ1) is 24.4. The Hall–Kier alpha value is -4.20. The molecule has 8 heteroatoms. The smallest absolute Gasteiger partial charge is 0.311 e. The van der Waals surface area contributed by atoms with E-state index in [-0.39, 0.29) is 47.0 Å². The molecule has 0 aliphatic rings. The molecule has 0 radical (unpaired) electrons. The fraction of sp³-hybridized carbons (Fsp3) is 0.231.